The molecule has 26 heavy (non-hydrogen) atoms. The van der Waals surface area contributed by atoms with E-state index in [0.29, 0.717) is 0 Å². The largest absolute Gasteiger partial charge is 0.348 e. The van der Waals surface area contributed by atoms with Crippen LogP contribution in [0.25, 0.3) is 0 Å². The first-order valence-corrected chi connectivity index (χ1v) is 9.95. The van der Waals surface area contributed by atoms with Crippen LogP contribution >= 0.6 is 11.3 Å². The topological polar surface area (TPSA) is 35.6 Å². The van der Waals surface area contributed by atoms with Gasteiger partial charge in [-0.2, -0.15) is 0 Å². The SMILES string of the molecule is CC(NC(=O)C(C)N1CCN(Cc2cccs2)CC1)c1ccc(F)cc1. The predicted molar refractivity (Wildman–Crippen MR) is 104 cm³/mol. The third kappa shape index (κ3) is 4.90. The van der Waals surface area contributed by atoms with Crippen LogP contribution in [0, 0.1) is 5.82 Å². The molecule has 1 amide bonds. The van der Waals surface area contributed by atoms with Crippen molar-refractivity contribution in [2.75, 3.05) is 26.2 Å². The zero-order valence-corrected chi connectivity index (χ0v) is 16.1. The lowest BCUT2D eigenvalue weighted by Gasteiger charge is -2.37. The Morgan fingerprint density at radius 3 is 2.46 bits per heavy atom. The zero-order chi connectivity index (χ0) is 18.5. The summed E-state index contributed by atoms with van der Waals surface area (Å²) < 4.78 is 13.0. The number of nitrogens with one attached hydrogen (secondary N) is 1. The van der Waals surface area contributed by atoms with Crippen LogP contribution in [-0.4, -0.2) is 47.9 Å². The summed E-state index contributed by atoms with van der Waals surface area (Å²) in [5, 5.41) is 5.16. The van der Waals surface area contributed by atoms with Crippen molar-refractivity contribution in [2.45, 2.75) is 32.5 Å². The van der Waals surface area contributed by atoms with Gasteiger partial charge in [0, 0.05) is 37.6 Å². The second-order valence-corrected chi connectivity index (χ2v) is 7.88. The number of rotatable bonds is 6. The molecule has 2 aromatic rings. The molecule has 0 radical (unpaired) electrons. The number of amides is 1. The average molecular weight is 376 g/mol. The maximum atomic E-state index is 13.0. The Balaban J connectivity index is 1.47. The molecule has 140 valence electrons. The van der Waals surface area contributed by atoms with Crippen LogP contribution in [0.2, 0.25) is 0 Å². The van der Waals surface area contributed by atoms with Crippen molar-refractivity contribution in [3.8, 4) is 0 Å². The maximum absolute atomic E-state index is 13.0. The van der Waals surface area contributed by atoms with E-state index in [1.165, 1.54) is 17.0 Å². The van der Waals surface area contributed by atoms with Gasteiger partial charge in [-0.05, 0) is 43.0 Å². The first-order valence-electron chi connectivity index (χ1n) is 9.07. The van der Waals surface area contributed by atoms with E-state index in [4.69, 9.17) is 0 Å². The number of benzene rings is 1. The molecule has 2 unspecified atom stereocenters. The highest BCUT2D eigenvalue weighted by Crippen LogP contribution is 2.16. The minimum atomic E-state index is -0.263. The highest BCUT2D eigenvalue weighted by molar-refractivity contribution is 7.09. The Morgan fingerprint density at radius 2 is 1.85 bits per heavy atom. The lowest BCUT2D eigenvalue weighted by Crippen LogP contribution is -2.53. The molecule has 1 aliphatic heterocycles. The monoisotopic (exact) mass is 375 g/mol. The van der Waals surface area contributed by atoms with Crippen LogP contribution in [0.15, 0.2) is 41.8 Å². The Bertz CT molecular complexity index is 696. The van der Waals surface area contributed by atoms with E-state index in [1.54, 1.807) is 23.5 Å². The average Bonchev–Trinajstić information content (AvgIpc) is 3.15. The van der Waals surface area contributed by atoms with Gasteiger partial charge in [0.2, 0.25) is 5.91 Å². The van der Waals surface area contributed by atoms with Crippen LogP contribution in [0.5, 0.6) is 0 Å². The van der Waals surface area contributed by atoms with Gasteiger partial charge in [-0.1, -0.05) is 18.2 Å². The van der Waals surface area contributed by atoms with E-state index in [2.05, 4.69) is 32.6 Å². The summed E-state index contributed by atoms with van der Waals surface area (Å²) in [5.74, 6) is -0.241. The molecule has 2 heterocycles. The molecule has 1 aliphatic rings. The number of thiophene rings is 1. The van der Waals surface area contributed by atoms with Crippen LogP contribution in [-0.2, 0) is 11.3 Å². The highest BCUT2D eigenvalue weighted by Gasteiger charge is 2.26. The van der Waals surface area contributed by atoms with Crippen LogP contribution in [0.1, 0.15) is 30.3 Å². The fourth-order valence-corrected chi connectivity index (χ4v) is 4.01. The lowest BCUT2D eigenvalue weighted by atomic mass is 10.1. The summed E-state index contributed by atoms with van der Waals surface area (Å²) in [4.78, 5) is 18.7. The van der Waals surface area contributed by atoms with E-state index in [-0.39, 0.29) is 23.8 Å². The van der Waals surface area contributed by atoms with Gasteiger partial charge in [0.1, 0.15) is 5.82 Å². The molecule has 1 fully saturated rings. The Hall–Kier alpha value is -1.76. The molecular formula is C20H26FN3OS. The first kappa shape index (κ1) is 19.0. The highest BCUT2D eigenvalue weighted by atomic mass is 32.1. The quantitative estimate of drug-likeness (QED) is 0.842. The summed E-state index contributed by atoms with van der Waals surface area (Å²) in [6.07, 6.45) is 0. The van der Waals surface area contributed by atoms with Crippen molar-refractivity contribution in [2.24, 2.45) is 0 Å². The second-order valence-electron chi connectivity index (χ2n) is 6.85. The first-order chi connectivity index (χ1) is 12.5. The van der Waals surface area contributed by atoms with Gasteiger partial charge in [-0.25, -0.2) is 4.39 Å². The van der Waals surface area contributed by atoms with E-state index in [9.17, 15) is 9.18 Å². The van der Waals surface area contributed by atoms with Gasteiger partial charge in [-0.15, -0.1) is 11.3 Å². The van der Waals surface area contributed by atoms with E-state index < -0.39 is 0 Å². The standard InChI is InChI=1S/C20H26FN3OS/c1-15(17-5-7-18(21)8-6-17)22-20(25)16(2)24-11-9-23(10-12-24)14-19-4-3-13-26-19/h3-8,13,15-16H,9-12,14H2,1-2H3,(H,22,25). The van der Waals surface area contributed by atoms with E-state index >= 15 is 0 Å². The van der Waals surface area contributed by atoms with Crippen molar-refractivity contribution in [3.05, 3.63) is 58.0 Å². The van der Waals surface area contributed by atoms with Gasteiger partial charge < -0.3 is 5.32 Å². The zero-order valence-electron chi connectivity index (χ0n) is 15.3. The van der Waals surface area contributed by atoms with Crippen LogP contribution in [0.4, 0.5) is 4.39 Å². The van der Waals surface area contributed by atoms with Gasteiger partial charge in [0.05, 0.1) is 12.1 Å². The summed E-state index contributed by atoms with van der Waals surface area (Å²) >= 11 is 1.79. The number of nitrogens with zero attached hydrogens (tertiary/aromatic N) is 2. The smallest absolute Gasteiger partial charge is 0.237 e. The molecule has 1 aromatic carbocycles. The molecule has 0 aliphatic carbocycles. The van der Waals surface area contributed by atoms with Crippen LogP contribution < -0.4 is 5.32 Å². The van der Waals surface area contributed by atoms with Crippen molar-refractivity contribution < 1.29 is 9.18 Å². The second kappa shape index (κ2) is 8.75. The summed E-state index contributed by atoms with van der Waals surface area (Å²) in [6.45, 7) is 8.62. The lowest BCUT2D eigenvalue weighted by molar-refractivity contribution is -0.127. The number of halogens is 1. The molecule has 1 N–H and O–H groups in total. The van der Waals surface area contributed by atoms with Crippen molar-refractivity contribution >= 4 is 17.2 Å². The number of carbonyl (C=O) groups excluding carboxylic acids is 1. The molecule has 2 atom stereocenters. The molecule has 0 saturated carbocycles. The third-order valence-electron chi connectivity index (χ3n) is 5.02. The van der Waals surface area contributed by atoms with E-state index in [0.717, 1.165) is 38.3 Å². The van der Waals surface area contributed by atoms with Gasteiger partial charge in [0.25, 0.3) is 0 Å². The molecule has 0 bridgehead atoms. The normalized spacial score (nSPS) is 18.4. The summed E-state index contributed by atoms with van der Waals surface area (Å²) in [7, 11) is 0. The third-order valence-corrected chi connectivity index (χ3v) is 5.88. The number of hydrogen-bond donors (Lipinski definition) is 1. The Morgan fingerprint density at radius 1 is 1.15 bits per heavy atom. The van der Waals surface area contributed by atoms with Crippen molar-refractivity contribution in [3.63, 3.8) is 0 Å². The molecule has 1 saturated heterocycles. The Kier molecular flexibility index (Phi) is 6.40. The Labute approximate surface area is 158 Å². The molecule has 1 aromatic heterocycles. The molecule has 6 heteroatoms. The fraction of sp³-hybridized carbons (Fsp3) is 0.450. The minimum absolute atomic E-state index is 0.0218. The van der Waals surface area contributed by atoms with Crippen molar-refractivity contribution in [1.29, 1.82) is 0 Å². The number of carbonyl (C=O) groups is 1. The number of hydrogen-bond acceptors (Lipinski definition) is 4. The van der Waals surface area contributed by atoms with Crippen molar-refractivity contribution in [1.82, 2.24) is 15.1 Å². The van der Waals surface area contributed by atoms with Gasteiger partial charge >= 0.3 is 0 Å². The van der Waals surface area contributed by atoms with E-state index in [1.807, 2.05) is 13.8 Å². The molecule has 0 spiro atoms. The minimum Gasteiger partial charge on any atom is -0.348 e. The summed E-state index contributed by atoms with van der Waals surface area (Å²) in [6, 6.07) is 10.2. The van der Waals surface area contributed by atoms with Crippen LogP contribution in [0.3, 0.4) is 0 Å². The summed E-state index contributed by atoms with van der Waals surface area (Å²) in [5.41, 5.74) is 0.910. The molecule has 4 nitrogen and oxygen atoms in total. The molecule has 3 rings (SSSR count). The maximum Gasteiger partial charge on any atom is 0.237 e. The molecular weight excluding hydrogens is 349 g/mol. The fourth-order valence-electron chi connectivity index (χ4n) is 3.27. The van der Waals surface area contributed by atoms with Gasteiger partial charge in [-0.3, -0.25) is 14.6 Å². The number of piperazine rings is 1. The predicted octanol–water partition coefficient (Wildman–Crippen LogP) is 3.27. The van der Waals surface area contributed by atoms with Gasteiger partial charge in [0.15, 0.2) is 0 Å².